The number of benzene rings is 3. The lowest BCUT2D eigenvalue weighted by atomic mass is 10.0. The molecule has 4 aromatic rings. The van der Waals surface area contributed by atoms with Crippen molar-refractivity contribution in [2.24, 2.45) is 5.92 Å². The summed E-state index contributed by atoms with van der Waals surface area (Å²) < 4.78 is 12.0. The van der Waals surface area contributed by atoms with Crippen LogP contribution in [0.25, 0.3) is 22.3 Å². The molecule has 0 aliphatic heterocycles. The van der Waals surface area contributed by atoms with Gasteiger partial charge in [-0.2, -0.15) is 0 Å². The number of amides is 1. The Morgan fingerprint density at radius 3 is 2.42 bits per heavy atom. The second kappa shape index (κ2) is 12.0. The van der Waals surface area contributed by atoms with Gasteiger partial charge in [0.15, 0.2) is 6.10 Å². The van der Waals surface area contributed by atoms with Crippen LogP contribution in [0.2, 0.25) is 5.02 Å². The molecule has 198 valence electrons. The van der Waals surface area contributed by atoms with Crippen LogP contribution in [-0.4, -0.2) is 47.4 Å². The lowest BCUT2D eigenvalue weighted by Gasteiger charge is -2.24. The van der Waals surface area contributed by atoms with Crippen LogP contribution in [-0.2, 0) is 4.79 Å². The van der Waals surface area contributed by atoms with Gasteiger partial charge in [-0.3, -0.25) is 4.79 Å². The topological polar surface area (TPSA) is 121 Å². The predicted molar refractivity (Wildman–Crippen MR) is 147 cm³/mol. The van der Waals surface area contributed by atoms with Crippen molar-refractivity contribution >= 4 is 40.1 Å². The van der Waals surface area contributed by atoms with Gasteiger partial charge in [0, 0.05) is 22.2 Å². The number of carbonyl (C=O) groups is 2. The van der Waals surface area contributed by atoms with E-state index in [9.17, 15) is 14.7 Å². The first-order chi connectivity index (χ1) is 18.2. The first-order valence-electron chi connectivity index (χ1n) is 12.2. The third-order valence-corrected chi connectivity index (χ3v) is 6.42. The highest BCUT2D eigenvalue weighted by molar-refractivity contribution is 6.33. The molecule has 4 rings (SSSR count). The van der Waals surface area contributed by atoms with Crippen LogP contribution >= 0.6 is 11.6 Å². The highest BCUT2D eigenvalue weighted by atomic mass is 35.5. The van der Waals surface area contributed by atoms with E-state index in [1.54, 1.807) is 30.3 Å². The van der Waals surface area contributed by atoms with E-state index in [-0.39, 0.29) is 18.5 Å². The van der Waals surface area contributed by atoms with Gasteiger partial charge in [-0.1, -0.05) is 43.6 Å². The number of ether oxygens (including phenoxy) is 1. The van der Waals surface area contributed by atoms with E-state index < -0.39 is 18.0 Å². The van der Waals surface area contributed by atoms with Gasteiger partial charge in [0.05, 0.1) is 17.6 Å². The van der Waals surface area contributed by atoms with Gasteiger partial charge in [0.1, 0.15) is 23.7 Å². The molecule has 0 saturated heterocycles. The summed E-state index contributed by atoms with van der Waals surface area (Å²) in [6.07, 6.45) is -1.65. The molecule has 38 heavy (non-hydrogen) atoms. The van der Waals surface area contributed by atoms with Gasteiger partial charge in [0.2, 0.25) is 0 Å². The number of aliphatic hydroxyl groups is 1. The predicted octanol–water partition coefficient (Wildman–Crippen LogP) is 5.44. The maximum atomic E-state index is 12.2. The number of aliphatic hydroxyl groups excluding tert-OH is 1. The molecule has 9 heteroatoms. The number of carboxylic acid groups (broad SMARTS) is 1. The van der Waals surface area contributed by atoms with Crippen LogP contribution in [0.15, 0.2) is 77.2 Å². The van der Waals surface area contributed by atoms with Gasteiger partial charge in [-0.15, -0.1) is 0 Å². The maximum Gasteiger partial charge on any atom is 0.334 e. The summed E-state index contributed by atoms with van der Waals surface area (Å²) in [6, 6.07) is 22.0. The number of anilines is 1. The van der Waals surface area contributed by atoms with Gasteiger partial charge >= 0.3 is 5.97 Å². The Morgan fingerprint density at radius 1 is 1.03 bits per heavy atom. The lowest BCUT2D eigenvalue weighted by Crippen LogP contribution is -2.36. The SMILES string of the molecule is CC(C)C(COc1ccc(-c2cc3ccccc3o2)c(Cl)c1)Nc1ccc(C(=O)NCC(O)C(=O)O)cc1. The Morgan fingerprint density at radius 2 is 1.76 bits per heavy atom. The molecule has 0 bridgehead atoms. The molecule has 2 unspecified atom stereocenters. The smallest absolute Gasteiger partial charge is 0.334 e. The summed E-state index contributed by atoms with van der Waals surface area (Å²) >= 11 is 6.56. The summed E-state index contributed by atoms with van der Waals surface area (Å²) in [5, 5.41) is 25.4. The molecule has 1 aromatic heterocycles. The normalized spacial score (nSPS) is 12.8. The largest absolute Gasteiger partial charge is 0.491 e. The second-order valence-corrected chi connectivity index (χ2v) is 9.64. The average molecular weight is 537 g/mol. The standard InChI is InChI=1S/C29H29ClN2O6/c1-17(2)24(32-20-9-7-18(8-10-20)28(34)31-15-25(33)29(35)36)16-37-21-11-12-22(23(30)14-21)27-13-19-5-3-4-6-26(19)38-27/h3-14,17,24-25,32-33H,15-16H2,1-2H3,(H,31,34)(H,35,36). The molecule has 0 spiro atoms. The number of rotatable bonds is 11. The highest BCUT2D eigenvalue weighted by Crippen LogP contribution is 2.34. The Balaban J connectivity index is 1.36. The fourth-order valence-corrected chi connectivity index (χ4v) is 4.06. The third-order valence-electron chi connectivity index (χ3n) is 6.11. The Bertz CT molecular complexity index is 1380. The summed E-state index contributed by atoms with van der Waals surface area (Å²) in [5.74, 6) is -0.293. The molecule has 0 saturated carbocycles. The molecule has 0 aliphatic rings. The van der Waals surface area contributed by atoms with Crippen LogP contribution in [0, 0.1) is 5.92 Å². The van der Waals surface area contributed by atoms with E-state index in [1.165, 1.54) is 0 Å². The van der Waals surface area contributed by atoms with E-state index in [1.807, 2.05) is 42.5 Å². The molecular weight excluding hydrogens is 508 g/mol. The van der Waals surface area contributed by atoms with Crippen LogP contribution in [0.5, 0.6) is 5.75 Å². The fourth-order valence-electron chi connectivity index (χ4n) is 3.80. The first-order valence-corrected chi connectivity index (χ1v) is 12.6. The summed E-state index contributed by atoms with van der Waals surface area (Å²) in [5.41, 5.74) is 2.74. The van der Waals surface area contributed by atoms with Crippen molar-refractivity contribution in [1.29, 1.82) is 0 Å². The number of para-hydroxylation sites is 1. The van der Waals surface area contributed by atoms with Crippen LogP contribution < -0.4 is 15.4 Å². The number of hydrogen-bond acceptors (Lipinski definition) is 6. The molecule has 2 atom stereocenters. The van der Waals surface area contributed by atoms with Crippen molar-refractivity contribution in [2.75, 3.05) is 18.5 Å². The van der Waals surface area contributed by atoms with Crippen molar-refractivity contribution < 1.29 is 29.0 Å². The minimum atomic E-state index is -1.65. The third kappa shape index (κ3) is 6.65. The van der Waals surface area contributed by atoms with E-state index in [4.69, 9.17) is 25.9 Å². The number of carboxylic acids is 1. The highest BCUT2D eigenvalue weighted by Gasteiger charge is 2.17. The van der Waals surface area contributed by atoms with E-state index in [0.717, 1.165) is 22.2 Å². The minimum Gasteiger partial charge on any atom is -0.491 e. The molecule has 1 heterocycles. The molecule has 0 fully saturated rings. The van der Waals surface area contributed by atoms with Crippen molar-refractivity contribution in [1.82, 2.24) is 5.32 Å². The summed E-state index contributed by atoms with van der Waals surface area (Å²) in [7, 11) is 0. The number of fused-ring (bicyclic) bond motifs is 1. The van der Waals surface area contributed by atoms with Gasteiger partial charge in [-0.05, 0) is 60.5 Å². The number of aliphatic carboxylic acids is 1. The Hall–Kier alpha value is -4.01. The van der Waals surface area contributed by atoms with Gasteiger partial charge < -0.3 is 30.0 Å². The van der Waals surface area contributed by atoms with Crippen molar-refractivity contribution in [2.45, 2.75) is 26.0 Å². The van der Waals surface area contributed by atoms with E-state index >= 15 is 0 Å². The zero-order valence-corrected chi connectivity index (χ0v) is 21.7. The maximum absolute atomic E-state index is 12.2. The summed E-state index contributed by atoms with van der Waals surface area (Å²) in [6.45, 7) is 4.17. The lowest BCUT2D eigenvalue weighted by molar-refractivity contribution is -0.146. The first kappa shape index (κ1) is 27.0. The molecule has 3 aromatic carbocycles. The van der Waals surface area contributed by atoms with E-state index in [2.05, 4.69) is 24.5 Å². The zero-order chi connectivity index (χ0) is 27.2. The summed E-state index contributed by atoms with van der Waals surface area (Å²) in [4.78, 5) is 22.9. The molecule has 4 N–H and O–H groups in total. The van der Waals surface area contributed by atoms with Gasteiger partial charge in [-0.25, -0.2) is 4.79 Å². The number of furan rings is 1. The average Bonchev–Trinajstić information content (AvgIpc) is 3.33. The molecule has 0 aliphatic carbocycles. The molecule has 0 radical (unpaired) electrons. The van der Waals surface area contributed by atoms with E-state index in [0.29, 0.717) is 28.7 Å². The number of hydrogen-bond donors (Lipinski definition) is 4. The van der Waals surface area contributed by atoms with Crippen molar-refractivity contribution in [3.63, 3.8) is 0 Å². The second-order valence-electron chi connectivity index (χ2n) is 9.24. The van der Waals surface area contributed by atoms with Crippen molar-refractivity contribution in [3.8, 4) is 17.1 Å². The minimum absolute atomic E-state index is 0.0331. The quantitative estimate of drug-likeness (QED) is 0.201. The molecule has 8 nitrogen and oxygen atoms in total. The fraction of sp³-hybridized carbons (Fsp3) is 0.241. The number of halogens is 1. The van der Waals surface area contributed by atoms with Crippen LogP contribution in [0.3, 0.4) is 0 Å². The number of carbonyl (C=O) groups excluding carboxylic acids is 1. The van der Waals surface area contributed by atoms with Crippen molar-refractivity contribution in [3.05, 3.63) is 83.4 Å². The molecular formula is C29H29ClN2O6. The van der Waals surface area contributed by atoms with Crippen LogP contribution in [0.1, 0.15) is 24.2 Å². The number of nitrogens with one attached hydrogen (secondary N) is 2. The molecule has 1 amide bonds. The Labute approximate surface area is 225 Å². The Kier molecular flexibility index (Phi) is 8.55. The van der Waals surface area contributed by atoms with Gasteiger partial charge in [0.25, 0.3) is 5.91 Å². The zero-order valence-electron chi connectivity index (χ0n) is 21.0. The monoisotopic (exact) mass is 536 g/mol. The van der Waals surface area contributed by atoms with Crippen LogP contribution in [0.4, 0.5) is 5.69 Å².